The summed E-state index contributed by atoms with van der Waals surface area (Å²) >= 11 is 6.12. The highest BCUT2D eigenvalue weighted by Gasteiger charge is 2.21. The summed E-state index contributed by atoms with van der Waals surface area (Å²) in [7, 11) is 1.60. The van der Waals surface area contributed by atoms with E-state index in [2.05, 4.69) is 5.10 Å². The Morgan fingerprint density at radius 2 is 2.24 bits per heavy atom. The number of ether oxygens (including phenoxy) is 2. The second-order valence-corrected chi connectivity index (χ2v) is 5.27. The molecule has 3 rings (SSSR count). The molecule has 2 aromatic rings. The number of carbonyl (C=O) groups excluding carboxylic acids is 1. The minimum Gasteiger partial charge on any atom is -0.383 e. The molecule has 0 amide bonds. The van der Waals surface area contributed by atoms with Gasteiger partial charge in [-0.25, -0.2) is 0 Å². The number of halogens is 1. The number of hydrogen-bond donors (Lipinski definition) is 0. The molecule has 0 radical (unpaired) electrons. The van der Waals surface area contributed by atoms with E-state index in [1.54, 1.807) is 17.9 Å². The molecule has 0 aliphatic carbocycles. The highest BCUT2D eigenvalue weighted by atomic mass is 35.5. The Labute approximate surface area is 127 Å². The molecule has 21 heavy (non-hydrogen) atoms. The molecule has 1 aliphatic rings. The highest BCUT2D eigenvalue weighted by Crippen LogP contribution is 2.24. The van der Waals surface area contributed by atoms with Crippen molar-refractivity contribution in [1.82, 2.24) is 9.78 Å². The van der Waals surface area contributed by atoms with Gasteiger partial charge in [-0.15, -0.1) is 0 Å². The van der Waals surface area contributed by atoms with Gasteiger partial charge in [-0.05, 0) is 17.2 Å². The summed E-state index contributed by atoms with van der Waals surface area (Å²) in [5.74, 6) is -0.136. The van der Waals surface area contributed by atoms with Crippen LogP contribution in [0.5, 0.6) is 0 Å². The Hall–Kier alpha value is -1.69. The van der Waals surface area contributed by atoms with E-state index in [1.807, 2.05) is 12.1 Å². The Balaban J connectivity index is 1.93. The van der Waals surface area contributed by atoms with E-state index in [0.717, 1.165) is 11.1 Å². The van der Waals surface area contributed by atoms with E-state index in [1.165, 1.54) is 6.20 Å². The van der Waals surface area contributed by atoms with Gasteiger partial charge in [-0.2, -0.15) is 5.10 Å². The van der Waals surface area contributed by atoms with Gasteiger partial charge in [-0.1, -0.05) is 23.7 Å². The predicted molar refractivity (Wildman–Crippen MR) is 77.5 cm³/mol. The van der Waals surface area contributed by atoms with Crippen LogP contribution in [0.15, 0.2) is 24.4 Å². The topological polar surface area (TPSA) is 53.4 Å². The third-order valence-corrected chi connectivity index (χ3v) is 3.78. The maximum absolute atomic E-state index is 12.7. The highest BCUT2D eigenvalue weighted by molar-refractivity contribution is 6.34. The van der Waals surface area contributed by atoms with Crippen molar-refractivity contribution < 1.29 is 14.3 Å². The van der Waals surface area contributed by atoms with Crippen LogP contribution < -0.4 is 0 Å². The second kappa shape index (κ2) is 5.97. The van der Waals surface area contributed by atoms with Crippen LogP contribution in [0.25, 0.3) is 0 Å². The maximum atomic E-state index is 12.7. The van der Waals surface area contributed by atoms with Crippen molar-refractivity contribution >= 4 is 17.4 Å². The van der Waals surface area contributed by atoms with Gasteiger partial charge in [0, 0.05) is 12.7 Å². The van der Waals surface area contributed by atoms with Crippen LogP contribution in [0.3, 0.4) is 0 Å². The normalized spacial score (nSPS) is 13.4. The van der Waals surface area contributed by atoms with Gasteiger partial charge in [-0.3, -0.25) is 9.48 Å². The van der Waals surface area contributed by atoms with Crippen LogP contribution >= 0.6 is 11.6 Å². The van der Waals surface area contributed by atoms with E-state index in [4.69, 9.17) is 21.1 Å². The first-order chi connectivity index (χ1) is 10.2. The average molecular weight is 307 g/mol. The van der Waals surface area contributed by atoms with Crippen LogP contribution in [0.1, 0.15) is 27.2 Å². The molecule has 0 atom stereocenters. The second-order valence-electron chi connectivity index (χ2n) is 4.86. The number of fused-ring (bicyclic) bond motifs is 1. The SMILES string of the molecule is COCCn1ncc(Cl)c1C(=O)c1ccc2c(c1)COC2. The number of ketones is 1. The van der Waals surface area contributed by atoms with Crippen LogP contribution in [-0.4, -0.2) is 29.3 Å². The van der Waals surface area contributed by atoms with Crippen LogP contribution in [0.2, 0.25) is 5.02 Å². The Morgan fingerprint density at radius 3 is 3.05 bits per heavy atom. The summed E-state index contributed by atoms with van der Waals surface area (Å²) < 4.78 is 12.0. The molecular formula is C15H15ClN2O3. The first-order valence-corrected chi connectivity index (χ1v) is 7.03. The third kappa shape index (κ3) is 2.72. The van der Waals surface area contributed by atoms with Gasteiger partial charge in [0.25, 0.3) is 0 Å². The lowest BCUT2D eigenvalue weighted by Gasteiger charge is -2.08. The lowest BCUT2D eigenvalue weighted by atomic mass is 10.0. The molecule has 2 heterocycles. The van der Waals surface area contributed by atoms with E-state index in [0.29, 0.717) is 42.6 Å². The fourth-order valence-corrected chi connectivity index (χ4v) is 2.61. The summed E-state index contributed by atoms with van der Waals surface area (Å²) in [6, 6.07) is 5.60. The molecule has 0 fully saturated rings. The monoisotopic (exact) mass is 306 g/mol. The smallest absolute Gasteiger partial charge is 0.212 e. The number of benzene rings is 1. The van der Waals surface area contributed by atoms with Gasteiger partial charge < -0.3 is 9.47 Å². The van der Waals surface area contributed by atoms with Crippen molar-refractivity contribution in [3.05, 3.63) is 51.8 Å². The molecule has 1 aromatic heterocycles. The van der Waals surface area contributed by atoms with Gasteiger partial charge in [0.05, 0.1) is 37.6 Å². The Bertz CT molecular complexity index is 682. The summed E-state index contributed by atoms with van der Waals surface area (Å²) in [6.07, 6.45) is 1.49. The zero-order valence-electron chi connectivity index (χ0n) is 11.6. The first kappa shape index (κ1) is 14.3. The minimum atomic E-state index is -0.136. The van der Waals surface area contributed by atoms with Crippen molar-refractivity contribution in [1.29, 1.82) is 0 Å². The third-order valence-electron chi connectivity index (χ3n) is 3.50. The van der Waals surface area contributed by atoms with E-state index >= 15 is 0 Å². The molecule has 0 saturated carbocycles. The summed E-state index contributed by atoms with van der Waals surface area (Å²) in [5, 5.41) is 4.49. The molecule has 0 spiro atoms. The molecule has 0 N–H and O–H groups in total. The average Bonchev–Trinajstić information content (AvgIpc) is 3.10. The van der Waals surface area contributed by atoms with Crippen molar-refractivity contribution in [2.24, 2.45) is 0 Å². The Kier molecular flexibility index (Phi) is 4.05. The van der Waals surface area contributed by atoms with Gasteiger partial charge in [0.15, 0.2) is 0 Å². The molecule has 0 bridgehead atoms. The lowest BCUT2D eigenvalue weighted by molar-refractivity contribution is 0.102. The number of hydrogen-bond acceptors (Lipinski definition) is 4. The molecule has 0 saturated heterocycles. The zero-order valence-corrected chi connectivity index (χ0v) is 12.4. The Morgan fingerprint density at radius 1 is 1.43 bits per heavy atom. The minimum absolute atomic E-state index is 0.136. The number of methoxy groups -OCH3 is 1. The fourth-order valence-electron chi connectivity index (χ4n) is 2.39. The van der Waals surface area contributed by atoms with E-state index in [9.17, 15) is 4.79 Å². The standard InChI is InChI=1S/C15H15ClN2O3/c1-20-5-4-18-14(13(16)7-17-18)15(19)10-2-3-11-8-21-9-12(11)6-10/h2-3,6-7H,4-5,8-9H2,1H3. The number of nitrogens with zero attached hydrogens (tertiary/aromatic N) is 2. The molecule has 0 unspecified atom stereocenters. The number of carbonyl (C=O) groups is 1. The van der Waals surface area contributed by atoms with Crippen molar-refractivity contribution in [3.63, 3.8) is 0 Å². The fraction of sp³-hybridized carbons (Fsp3) is 0.333. The predicted octanol–water partition coefficient (Wildman–Crippen LogP) is 2.44. The van der Waals surface area contributed by atoms with Gasteiger partial charge in [0.2, 0.25) is 5.78 Å². The van der Waals surface area contributed by atoms with Crippen LogP contribution in [0.4, 0.5) is 0 Å². The van der Waals surface area contributed by atoms with Crippen LogP contribution in [0, 0.1) is 0 Å². The molecular weight excluding hydrogens is 292 g/mol. The van der Waals surface area contributed by atoms with Crippen molar-refractivity contribution in [3.8, 4) is 0 Å². The van der Waals surface area contributed by atoms with E-state index < -0.39 is 0 Å². The van der Waals surface area contributed by atoms with Crippen molar-refractivity contribution in [2.75, 3.05) is 13.7 Å². The van der Waals surface area contributed by atoms with Crippen LogP contribution in [-0.2, 0) is 29.2 Å². The summed E-state index contributed by atoms with van der Waals surface area (Å²) in [6.45, 7) is 2.11. The quantitative estimate of drug-likeness (QED) is 0.796. The maximum Gasteiger partial charge on any atom is 0.212 e. The number of rotatable bonds is 5. The van der Waals surface area contributed by atoms with Crippen molar-refractivity contribution in [2.45, 2.75) is 19.8 Å². The summed E-state index contributed by atoms with van der Waals surface area (Å²) in [4.78, 5) is 12.7. The zero-order chi connectivity index (χ0) is 14.8. The molecule has 1 aromatic carbocycles. The number of aromatic nitrogens is 2. The lowest BCUT2D eigenvalue weighted by Crippen LogP contribution is -2.15. The molecule has 5 nitrogen and oxygen atoms in total. The molecule has 1 aliphatic heterocycles. The molecule has 6 heteroatoms. The van der Waals surface area contributed by atoms with E-state index in [-0.39, 0.29) is 5.78 Å². The van der Waals surface area contributed by atoms with Gasteiger partial charge >= 0.3 is 0 Å². The largest absolute Gasteiger partial charge is 0.383 e. The first-order valence-electron chi connectivity index (χ1n) is 6.65. The van der Waals surface area contributed by atoms with Gasteiger partial charge in [0.1, 0.15) is 5.69 Å². The summed E-state index contributed by atoms with van der Waals surface area (Å²) in [5.41, 5.74) is 3.18. The molecule has 110 valence electrons.